The summed E-state index contributed by atoms with van der Waals surface area (Å²) in [6.07, 6.45) is 17.5. The molecule has 1 aliphatic rings. The Morgan fingerprint density at radius 1 is 1.00 bits per heavy atom. The van der Waals surface area contributed by atoms with Gasteiger partial charge in [0.1, 0.15) is 6.29 Å². The van der Waals surface area contributed by atoms with Gasteiger partial charge in [-0.15, -0.1) is 0 Å². The van der Waals surface area contributed by atoms with Gasteiger partial charge in [-0.2, -0.15) is 0 Å². The fraction of sp³-hybridized carbons (Fsp3) is 0.576. The molecule has 218 valence electrons. The molecular formula is C33H50O6. The van der Waals surface area contributed by atoms with E-state index in [1.807, 2.05) is 0 Å². The molecule has 2 rings (SSSR count). The molecule has 0 spiro atoms. The van der Waals surface area contributed by atoms with Crippen molar-refractivity contribution in [3.8, 4) is 0 Å². The maximum Gasteiger partial charge on any atom is 0.335 e. The predicted molar refractivity (Wildman–Crippen MR) is 158 cm³/mol. The summed E-state index contributed by atoms with van der Waals surface area (Å²) < 4.78 is 10.7. The van der Waals surface area contributed by atoms with Crippen molar-refractivity contribution in [2.75, 3.05) is 33.5 Å². The van der Waals surface area contributed by atoms with Gasteiger partial charge in [-0.3, -0.25) is 4.79 Å². The normalized spacial score (nSPS) is 17.6. The first kappa shape index (κ1) is 34.5. The SMILES string of the molecule is C=C(C=O)CO.C=C(CO)C(=O)OCC(COC)C1CCC(/C=C/c2ccc(CCCCCCC)cc2)CC1. The minimum atomic E-state index is -0.516. The fourth-order valence-corrected chi connectivity index (χ4v) is 4.71. The quantitative estimate of drug-likeness (QED) is 0.107. The second kappa shape index (κ2) is 21.3. The monoisotopic (exact) mass is 542 g/mol. The number of hydrogen-bond acceptors (Lipinski definition) is 6. The van der Waals surface area contributed by atoms with Crippen LogP contribution in [0.2, 0.25) is 0 Å². The van der Waals surface area contributed by atoms with Crippen LogP contribution < -0.4 is 0 Å². The number of hydrogen-bond donors (Lipinski definition) is 2. The van der Waals surface area contributed by atoms with E-state index in [4.69, 9.17) is 19.7 Å². The Kier molecular flexibility index (Phi) is 18.8. The van der Waals surface area contributed by atoms with Gasteiger partial charge in [-0.1, -0.05) is 82.2 Å². The molecule has 0 amide bonds. The predicted octanol–water partition coefficient (Wildman–Crippen LogP) is 6.11. The maximum atomic E-state index is 11.8. The van der Waals surface area contributed by atoms with Crippen LogP contribution in [-0.4, -0.2) is 56.0 Å². The van der Waals surface area contributed by atoms with E-state index in [2.05, 4.69) is 56.5 Å². The molecule has 1 fully saturated rings. The van der Waals surface area contributed by atoms with Crippen LogP contribution in [-0.2, 0) is 25.5 Å². The molecular weight excluding hydrogens is 492 g/mol. The number of methoxy groups -OCH3 is 1. The Hall–Kier alpha value is -2.54. The highest BCUT2D eigenvalue weighted by molar-refractivity contribution is 5.87. The third-order valence-corrected chi connectivity index (χ3v) is 7.25. The zero-order valence-electron chi connectivity index (χ0n) is 24.1. The summed E-state index contributed by atoms with van der Waals surface area (Å²) in [4.78, 5) is 21.3. The maximum absolute atomic E-state index is 11.8. The van der Waals surface area contributed by atoms with Gasteiger partial charge in [0.05, 0.1) is 32.0 Å². The molecule has 0 radical (unpaired) electrons. The molecule has 6 heteroatoms. The number of aliphatic hydroxyl groups excluding tert-OH is 2. The van der Waals surface area contributed by atoms with Crippen molar-refractivity contribution in [2.45, 2.75) is 71.1 Å². The molecule has 0 aromatic heterocycles. The number of rotatable bonds is 17. The Morgan fingerprint density at radius 2 is 1.67 bits per heavy atom. The van der Waals surface area contributed by atoms with E-state index < -0.39 is 5.97 Å². The topological polar surface area (TPSA) is 93.1 Å². The molecule has 0 bridgehead atoms. The first-order valence-electron chi connectivity index (χ1n) is 14.3. The molecule has 1 aromatic rings. The summed E-state index contributed by atoms with van der Waals surface area (Å²) in [6, 6.07) is 9.04. The molecule has 0 saturated heterocycles. The van der Waals surface area contributed by atoms with Gasteiger partial charge in [0.2, 0.25) is 0 Å². The Morgan fingerprint density at radius 3 is 2.21 bits per heavy atom. The van der Waals surface area contributed by atoms with E-state index in [0.717, 1.165) is 25.7 Å². The first-order valence-corrected chi connectivity index (χ1v) is 14.3. The van der Waals surface area contributed by atoms with Crippen molar-refractivity contribution >= 4 is 18.3 Å². The van der Waals surface area contributed by atoms with Crippen LogP contribution in [0.4, 0.5) is 0 Å². The second-order valence-corrected chi connectivity index (χ2v) is 10.4. The number of unbranched alkanes of at least 4 members (excludes halogenated alkanes) is 4. The lowest BCUT2D eigenvalue weighted by Gasteiger charge is -2.32. The summed E-state index contributed by atoms with van der Waals surface area (Å²) in [5, 5.41) is 17.0. The number of carbonyl (C=O) groups excluding carboxylic acids is 2. The fourth-order valence-electron chi connectivity index (χ4n) is 4.71. The highest BCUT2D eigenvalue weighted by Crippen LogP contribution is 2.35. The van der Waals surface area contributed by atoms with Gasteiger partial charge in [-0.25, -0.2) is 4.79 Å². The van der Waals surface area contributed by atoms with Crippen LogP contribution in [0.3, 0.4) is 0 Å². The lowest BCUT2D eigenvalue weighted by molar-refractivity contribution is -0.142. The zero-order chi connectivity index (χ0) is 28.9. The molecule has 0 heterocycles. The van der Waals surface area contributed by atoms with Gasteiger partial charge in [0.25, 0.3) is 0 Å². The molecule has 1 aliphatic carbocycles. The molecule has 1 unspecified atom stereocenters. The van der Waals surface area contributed by atoms with E-state index in [0.29, 0.717) is 31.3 Å². The number of ether oxygens (including phenoxy) is 2. The minimum absolute atomic E-state index is 0.0972. The lowest BCUT2D eigenvalue weighted by atomic mass is 9.76. The van der Waals surface area contributed by atoms with E-state index >= 15 is 0 Å². The number of esters is 1. The highest BCUT2D eigenvalue weighted by atomic mass is 16.5. The van der Waals surface area contributed by atoms with Gasteiger partial charge in [0.15, 0.2) is 0 Å². The van der Waals surface area contributed by atoms with E-state index in [1.165, 1.54) is 49.7 Å². The summed E-state index contributed by atoms with van der Waals surface area (Å²) in [6.45, 7) is 9.26. The molecule has 6 nitrogen and oxygen atoms in total. The van der Waals surface area contributed by atoms with E-state index in [9.17, 15) is 9.59 Å². The van der Waals surface area contributed by atoms with E-state index in [-0.39, 0.29) is 30.3 Å². The van der Waals surface area contributed by atoms with Gasteiger partial charge in [0, 0.05) is 18.6 Å². The summed E-state index contributed by atoms with van der Waals surface area (Å²) in [7, 11) is 1.69. The molecule has 39 heavy (non-hydrogen) atoms. The van der Waals surface area contributed by atoms with Crippen LogP contribution in [0.5, 0.6) is 0 Å². The van der Waals surface area contributed by atoms with Crippen molar-refractivity contribution in [1.82, 2.24) is 0 Å². The summed E-state index contributed by atoms with van der Waals surface area (Å²) in [5.41, 5.74) is 3.03. The third kappa shape index (κ3) is 15.0. The average molecular weight is 543 g/mol. The van der Waals surface area contributed by atoms with Crippen LogP contribution in [0, 0.1) is 17.8 Å². The van der Waals surface area contributed by atoms with Gasteiger partial charge < -0.3 is 19.7 Å². The average Bonchev–Trinajstić information content (AvgIpc) is 2.98. The Bertz CT molecular complexity index is 865. The third-order valence-electron chi connectivity index (χ3n) is 7.25. The molecule has 0 aliphatic heterocycles. The lowest BCUT2D eigenvalue weighted by Crippen LogP contribution is -2.29. The molecule has 1 saturated carbocycles. The second-order valence-electron chi connectivity index (χ2n) is 10.4. The Labute approximate surface area is 235 Å². The smallest absolute Gasteiger partial charge is 0.335 e. The van der Waals surface area contributed by atoms with Gasteiger partial charge >= 0.3 is 5.97 Å². The summed E-state index contributed by atoms with van der Waals surface area (Å²) in [5.74, 6) is 0.753. The standard InChI is InChI=1S/C29H44O4.C4H6O2/c1-4-5-6-7-8-9-24-10-12-25(13-11-24)14-15-26-16-18-27(19-17-26)28(21-32-3)22-33-29(31)23(2)20-30;1-4(2-5)3-6/h10-15,26-28,30H,2,4-9,16-22H2,1,3H3;2,6H,1,3H2/b15-14+;. The first-order chi connectivity index (χ1) is 18.9. The van der Waals surface area contributed by atoms with Crippen molar-refractivity contribution in [3.63, 3.8) is 0 Å². The van der Waals surface area contributed by atoms with Crippen LogP contribution >= 0.6 is 0 Å². The van der Waals surface area contributed by atoms with Crippen molar-refractivity contribution < 1.29 is 29.3 Å². The number of aryl methyl sites for hydroxylation is 1. The highest BCUT2D eigenvalue weighted by Gasteiger charge is 2.28. The van der Waals surface area contributed by atoms with Crippen molar-refractivity contribution in [3.05, 3.63) is 65.8 Å². The largest absolute Gasteiger partial charge is 0.462 e. The van der Waals surface area contributed by atoms with Gasteiger partial charge in [-0.05, 0) is 61.5 Å². The Balaban J connectivity index is 0.00000113. The van der Waals surface area contributed by atoms with E-state index in [1.54, 1.807) is 7.11 Å². The van der Waals surface area contributed by atoms with Crippen LogP contribution in [0.25, 0.3) is 6.08 Å². The molecule has 1 atom stereocenters. The molecule has 2 N–H and O–H groups in total. The number of carbonyl (C=O) groups is 2. The minimum Gasteiger partial charge on any atom is -0.462 e. The zero-order valence-corrected chi connectivity index (χ0v) is 24.1. The molecule has 1 aromatic carbocycles. The number of allylic oxidation sites excluding steroid dienone is 1. The van der Waals surface area contributed by atoms with Crippen LogP contribution in [0.1, 0.15) is 75.8 Å². The number of aliphatic hydroxyl groups is 2. The number of aldehydes is 1. The van der Waals surface area contributed by atoms with Crippen LogP contribution in [0.15, 0.2) is 54.6 Å². The van der Waals surface area contributed by atoms with Crippen molar-refractivity contribution in [2.24, 2.45) is 17.8 Å². The number of benzene rings is 1. The summed E-state index contributed by atoms with van der Waals surface area (Å²) >= 11 is 0. The van der Waals surface area contributed by atoms with Crippen molar-refractivity contribution in [1.29, 1.82) is 0 Å².